The summed E-state index contributed by atoms with van der Waals surface area (Å²) in [5.74, 6) is 0.0634. The molecule has 3 nitrogen and oxygen atoms in total. The maximum absolute atomic E-state index is 13.6. The largest absolute Gasteiger partial charge is 0.490 e. The molecule has 0 bridgehead atoms. The Hall–Kier alpha value is -1.36. The van der Waals surface area contributed by atoms with E-state index in [1.807, 2.05) is 0 Å². The molecule has 0 unspecified atom stereocenters. The standard InChI is InChI=1S/C15H19FO3S/c1-3-20(17,18)10-11(2)13-6-7-14(16)15(8-13)19-9-12-4-5-12/h3,6-8,11-12H,1,4-5,9-10H2,2H3/t11-/m0/s1. The van der Waals surface area contributed by atoms with Crippen LogP contribution < -0.4 is 4.74 Å². The van der Waals surface area contributed by atoms with Crippen molar-refractivity contribution in [3.63, 3.8) is 0 Å². The van der Waals surface area contributed by atoms with Crippen LogP contribution in [0.3, 0.4) is 0 Å². The molecule has 0 saturated heterocycles. The highest BCUT2D eigenvalue weighted by molar-refractivity contribution is 7.94. The zero-order valence-electron chi connectivity index (χ0n) is 11.5. The summed E-state index contributed by atoms with van der Waals surface area (Å²) >= 11 is 0. The van der Waals surface area contributed by atoms with E-state index < -0.39 is 15.7 Å². The maximum Gasteiger partial charge on any atom is 0.171 e. The molecule has 2 rings (SSSR count). The first kappa shape index (κ1) is 15.0. The number of halogens is 1. The molecule has 1 saturated carbocycles. The molecule has 5 heteroatoms. The SMILES string of the molecule is C=CS(=O)(=O)C[C@H](C)c1ccc(F)c(OCC2CC2)c1. The molecule has 0 N–H and O–H groups in total. The van der Waals surface area contributed by atoms with Crippen LogP contribution in [0.15, 0.2) is 30.2 Å². The fourth-order valence-electron chi connectivity index (χ4n) is 1.94. The van der Waals surface area contributed by atoms with E-state index in [1.54, 1.807) is 19.1 Å². The van der Waals surface area contributed by atoms with E-state index in [2.05, 4.69) is 6.58 Å². The van der Waals surface area contributed by atoms with Gasteiger partial charge in [0.2, 0.25) is 0 Å². The molecular formula is C15H19FO3S. The lowest BCUT2D eigenvalue weighted by Gasteiger charge is -2.13. The van der Waals surface area contributed by atoms with Crippen molar-refractivity contribution < 1.29 is 17.5 Å². The molecular weight excluding hydrogens is 279 g/mol. The maximum atomic E-state index is 13.6. The van der Waals surface area contributed by atoms with Gasteiger partial charge in [-0.3, -0.25) is 0 Å². The number of sulfone groups is 1. The summed E-state index contributed by atoms with van der Waals surface area (Å²) in [7, 11) is -3.28. The van der Waals surface area contributed by atoms with E-state index >= 15 is 0 Å². The second-order valence-electron chi connectivity index (χ2n) is 5.34. The molecule has 1 atom stereocenters. The van der Waals surface area contributed by atoms with Gasteiger partial charge in [0.05, 0.1) is 12.4 Å². The van der Waals surface area contributed by atoms with Crippen LogP contribution >= 0.6 is 0 Å². The van der Waals surface area contributed by atoms with Crippen molar-refractivity contribution in [1.82, 2.24) is 0 Å². The van der Waals surface area contributed by atoms with Gasteiger partial charge in [0, 0.05) is 5.41 Å². The van der Waals surface area contributed by atoms with Crippen molar-refractivity contribution in [3.8, 4) is 5.75 Å². The van der Waals surface area contributed by atoms with Crippen molar-refractivity contribution >= 4 is 9.84 Å². The van der Waals surface area contributed by atoms with Gasteiger partial charge in [-0.1, -0.05) is 19.6 Å². The number of rotatable bonds is 7. The first-order valence-electron chi connectivity index (χ1n) is 6.68. The Morgan fingerprint density at radius 3 is 2.80 bits per heavy atom. The average Bonchev–Trinajstić information content (AvgIpc) is 3.21. The van der Waals surface area contributed by atoms with E-state index in [1.165, 1.54) is 6.07 Å². The third-order valence-electron chi connectivity index (χ3n) is 3.43. The van der Waals surface area contributed by atoms with Gasteiger partial charge in [-0.15, -0.1) is 0 Å². The quantitative estimate of drug-likeness (QED) is 0.776. The molecule has 110 valence electrons. The Labute approximate surface area is 119 Å². The van der Waals surface area contributed by atoms with Gasteiger partial charge in [0.15, 0.2) is 21.4 Å². The van der Waals surface area contributed by atoms with Gasteiger partial charge in [-0.05, 0) is 42.4 Å². The van der Waals surface area contributed by atoms with Gasteiger partial charge in [0.1, 0.15) is 0 Å². The summed E-state index contributed by atoms with van der Waals surface area (Å²) in [4.78, 5) is 0. The first-order chi connectivity index (χ1) is 9.41. The Bertz CT molecular complexity index is 591. The summed E-state index contributed by atoms with van der Waals surface area (Å²) in [6, 6.07) is 4.53. The van der Waals surface area contributed by atoms with E-state index in [0.717, 1.165) is 23.8 Å². The lowest BCUT2D eigenvalue weighted by molar-refractivity contribution is 0.285. The van der Waals surface area contributed by atoms with E-state index in [9.17, 15) is 12.8 Å². The van der Waals surface area contributed by atoms with Gasteiger partial charge in [0.25, 0.3) is 0 Å². The van der Waals surface area contributed by atoms with Crippen LogP contribution in [0.2, 0.25) is 0 Å². The molecule has 0 amide bonds. The van der Waals surface area contributed by atoms with Crippen LogP contribution in [0.25, 0.3) is 0 Å². The minimum atomic E-state index is -3.28. The highest BCUT2D eigenvalue weighted by atomic mass is 32.2. The Morgan fingerprint density at radius 2 is 2.20 bits per heavy atom. The van der Waals surface area contributed by atoms with Crippen molar-refractivity contribution in [2.24, 2.45) is 5.92 Å². The van der Waals surface area contributed by atoms with Gasteiger partial charge in [-0.25, -0.2) is 12.8 Å². The molecule has 1 aliphatic rings. The minimum Gasteiger partial charge on any atom is -0.490 e. The van der Waals surface area contributed by atoms with Crippen LogP contribution in [0.5, 0.6) is 5.75 Å². The third-order valence-corrected chi connectivity index (χ3v) is 4.90. The van der Waals surface area contributed by atoms with E-state index in [4.69, 9.17) is 4.74 Å². The van der Waals surface area contributed by atoms with Crippen LogP contribution in [0.4, 0.5) is 4.39 Å². The molecule has 0 aromatic heterocycles. The fourth-order valence-corrected chi connectivity index (χ4v) is 2.97. The average molecular weight is 298 g/mol. The Kier molecular flexibility index (Phi) is 4.48. The Balaban J connectivity index is 2.10. The molecule has 1 aliphatic carbocycles. The van der Waals surface area contributed by atoms with Crippen LogP contribution in [0, 0.1) is 11.7 Å². The molecule has 0 radical (unpaired) electrons. The summed E-state index contributed by atoms with van der Waals surface area (Å²) < 4.78 is 42.2. The zero-order valence-corrected chi connectivity index (χ0v) is 12.3. The van der Waals surface area contributed by atoms with Crippen LogP contribution in [-0.4, -0.2) is 20.8 Å². The molecule has 0 heterocycles. The molecule has 1 fully saturated rings. The van der Waals surface area contributed by atoms with E-state index in [-0.39, 0.29) is 17.4 Å². The molecule has 1 aromatic rings. The van der Waals surface area contributed by atoms with Crippen molar-refractivity contribution in [1.29, 1.82) is 0 Å². The molecule has 0 aliphatic heterocycles. The molecule has 1 aromatic carbocycles. The van der Waals surface area contributed by atoms with Crippen LogP contribution in [0.1, 0.15) is 31.2 Å². The Morgan fingerprint density at radius 1 is 1.50 bits per heavy atom. The van der Waals surface area contributed by atoms with Crippen LogP contribution in [-0.2, 0) is 9.84 Å². The summed E-state index contributed by atoms with van der Waals surface area (Å²) in [5.41, 5.74) is 0.752. The van der Waals surface area contributed by atoms with Gasteiger partial charge < -0.3 is 4.74 Å². The number of benzene rings is 1. The molecule has 0 spiro atoms. The normalized spacial score (nSPS) is 16.7. The third kappa shape index (κ3) is 4.07. The minimum absolute atomic E-state index is 0.0375. The lowest BCUT2D eigenvalue weighted by atomic mass is 10.0. The highest BCUT2D eigenvalue weighted by Gasteiger charge is 2.23. The predicted octanol–water partition coefficient (Wildman–Crippen LogP) is 3.28. The molecule has 20 heavy (non-hydrogen) atoms. The fraction of sp³-hybridized carbons (Fsp3) is 0.467. The monoisotopic (exact) mass is 298 g/mol. The first-order valence-corrected chi connectivity index (χ1v) is 8.40. The van der Waals surface area contributed by atoms with E-state index in [0.29, 0.717) is 12.5 Å². The van der Waals surface area contributed by atoms with Gasteiger partial charge >= 0.3 is 0 Å². The predicted molar refractivity (Wildman–Crippen MR) is 77.0 cm³/mol. The van der Waals surface area contributed by atoms with Crippen molar-refractivity contribution in [2.45, 2.75) is 25.7 Å². The summed E-state index contributed by atoms with van der Waals surface area (Å²) in [6.07, 6.45) is 2.27. The van der Waals surface area contributed by atoms with Crippen molar-refractivity contribution in [2.75, 3.05) is 12.4 Å². The smallest absolute Gasteiger partial charge is 0.171 e. The topological polar surface area (TPSA) is 43.4 Å². The number of ether oxygens (including phenoxy) is 1. The number of hydrogen-bond donors (Lipinski definition) is 0. The highest BCUT2D eigenvalue weighted by Crippen LogP contribution is 2.31. The lowest BCUT2D eigenvalue weighted by Crippen LogP contribution is -2.10. The number of hydrogen-bond acceptors (Lipinski definition) is 3. The second-order valence-corrected chi connectivity index (χ2v) is 7.33. The van der Waals surface area contributed by atoms with Gasteiger partial charge in [-0.2, -0.15) is 0 Å². The summed E-state index contributed by atoms with van der Waals surface area (Å²) in [5, 5.41) is 0.956. The summed E-state index contributed by atoms with van der Waals surface area (Å²) in [6.45, 7) is 5.61. The zero-order chi connectivity index (χ0) is 14.8. The van der Waals surface area contributed by atoms with Crippen molar-refractivity contribution in [3.05, 3.63) is 41.6 Å². The second kappa shape index (κ2) is 5.95.